The van der Waals surface area contributed by atoms with Crippen molar-refractivity contribution in [3.05, 3.63) is 0 Å². The highest BCUT2D eigenvalue weighted by molar-refractivity contribution is 8.24. The summed E-state index contributed by atoms with van der Waals surface area (Å²) in [5.41, 5.74) is 5.27. The van der Waals surface area contributed by atoms with Crippen molar-refractivity contribution in [3.8, 4) is 0 Å². The molecule has 0 aliphatic carbocycles. The second-order valence-corrected chi connectivity index (χ2v) is 4.83. The van der Waals surface area contributed by atoms with Crippen LogP contribution < -0.4 is 5.73 Å². The standard InChI is InChI=1S/C6H14N2O3S/c1-3-12(10,11)4-6(7)8-5(2)9/h10-11H,3-4H2,1-2H3,(H2,7,8,9). The highest BCUT2D eigenvalue weighted by Gasteiger charge is 2.11. The maximum absolute atomic E-state index is 10.4. The lowest BCUT2D eigenvalue weighted by Gasteiger charge is -2.29. The summed E-state index contributed by atoms with van der Waals surface area (Å²) in [6.45, 7) is 2.89. The van der Waals surface area contributed by atoms with Crippen LogP contribution in [0.5, 0.6) is 0 Å². The summed E-state index contributed by atoms with van der Waals surface area (Å²) in [7, 11) is -2.67. The highest BCUT2D eigenvalue weighted by atomic mass is 32.3. The van der Waals surface area contributed by atoms with Crippen LogP contribution in [0.1, 0.15) is 13.8 Å². The van der Waals surface area contributed by atoms with Crippen molar-refractivity contribution in [2.75, 3.05) is 11.5 Å². The van der Waals surface area contributed by atoms with E-state index in [1.54, 1.807) is 6.92 Å². The fourth-order valence-corrected chi connectivity index (χ4v) is 1.32. The van der Waals surface area contributed by atoms with Crippen LogP contribution >= 0.6 is 10.6 Å². The number of carbonyl (C=O) groups is 1. The molecule has 0 unspecified atom stereocenters. The van der Waals surface area contributed by atoms with Gasteiger partial charge in [-0.05, 0) is 6.92 Å². The van der Waals surface area contributed by atoms with Gasteiger partial charge in [0.25, 0.3) is 0 Å². The molecule has 0 saturated carbocycles. The first kappa shape index (κ1) is 11.4. The minimum Gasteiger partial charge on any atom is -0.386 e. The van der Waals surface area contributed by atoms with Crippen LogP contribution in [-0.2, 0) is 4.79 Å². The number of carbonyl (C=O) groups excluding carboxylic acids is 1. The van der Waals surface area contributed by atoms with Crippen LogP contribution in [0.15, 0.2) is 4.99 Å². The van der Waals surface area contributed by atoms with Gasteiger partial charge in [-0.3, -0.25) is 13.9 Å². The summed E-state index contributed by atoms with van der Waals surface area (Å²) in [6.07, 6.45) is 0. The molecule has 0 aliphatic heterocycles. The van der Waals surface area contributed by atoms with Crippen molar-refractivity contribution in [1.82, 2.24) is 0 Å². The molecule has 72 valence electrons. The minimum atomic E-state index is -2.67. The van der Waals surface area contributed by atoms with Crippen molar-refractivity contribution >= 4 is 22.3 Å². The number of amidine groups is 1. The van der Waals surface area contributed by atoms with Gasteiger partial charge in [0.05, 0.1) is 5.75 Å². The Morgan fingerprint density at radius 1 is 1.58 bits per heavy atom. The molecule has 0 heterocycles. The van der Waals surface area contributed by atoms with E-state index in [0.29, 0.717) is 0 Å². The number of hydrogen-bond acceptors (Lipinski definition) is 3. The highest BCUT2D eigenvalue weighted by Crippen LogP contribution is 2.36. The largest absolute Gasteiger partial charge is 0.386 e. The number of hydrogen-bond donors (Lipinski definition) is 3. The Bertz CT molecular complexity index is 203. The fraction of sp³-hybridized carbons (Fsp3) is 0.667. The van der Waals surface area contributed by atoms with Crippen molar-refractivity contribution in [2.45, 2.75) is 13.8 Å². The van der Waals surface area contributed by atoms with Gasteiger partial charge in [0.2, 0.25) is 5.91 Å². The molecular formula is C6H14N2O3S. The van der Waals surface area contributed by atoms with E-state index in [1.807, 2.05) is 0 Å². The van der Waals surface area contributed by atoms with E-state index in [1.165, 1.54) is 6.92 Å². The third kappa shape index (κ3) is 5.11. The number of rotatable bonds is 3. The molecule has 0 atom stereocenters. The van der Waals surface area contributed by atoms with Gasteiger partial charge in [0.15, 0.2) is 0 Å². The number of aliphatic imine (C=N–C) groups is 1. The van der Waals surface area contributed by atoms with E-state index in [-0.39, 0.29) is 17.3 Å². The molecule has 6 heteroatoms. The van der Waals surface area contributed by atoms with Crippen LogP contribution in [0.25, 0.3) is 0 Å². The zero-order valence-corrected chi connectivity index (χ0v) is 7.97. The first-order valence-electron chi connectivity index (χ1n) is 3.44. The first-order chi connectivity index (χ1) is 5.37. The molecule has 0 radical (unpaired) electrons. The third-order valence-corrected chi connectivity index (χ3v) is 2.83. The maximum Gasteiger partial charge on any atom is 0.244 e. The van der Waals surface area contributed by atoms with E-state index in [4.69, 9.17) is 5.73 Å². The van der Waals surface area contributed by atoms with Crippen molar-refractivity contribution in [1.29, 1.82) is 0 Å². The second-order valence-electron chi connectivity index (χ2n) is 2.36. The van der Waals surface area contributed by atoms with Crippen molar-refractivity contribution in [2.24, 2.45) is 10.7 Å². The number of amides is 1. The van der Waals surface area contributed by atoms with Gasteiger partial charge in [-0.1, -0.05) is 0 Å². The van der Waals surface area contributed by atoms with E-state index >= 15 is 0 Å². The lowest BCUT2D eigenvalue weighted by atomic mass is 10.6. The predicted octanol–water partition coefficient (Wildman–Crippen LogP) is 0.661. The monoisotopic (exact) mass is 194 g/mol. The summed E-state index contributed by atoms with van der Waals surface area (Å²) in [5.74, 6) is -0.354. The van der Waals surface area contributed by atoms with Crippen molar-refractivity contribution in [3.63, 3.8) is 0 Å². The smallest absolute Gasteiger partial charge is 0.244 e. The Kier molecular flexibility index (Phi) is 4.22. The van der Waals surface area contributed by atoms with Crippen molar-refractivity contribution < 1.29 is 13.9 Å². The summed E-state index contributed by atoms with van der Waals surface area (Å²) >= 11 is 0. The lowest BCUT2D eigenvalue weighted by molar-refractivity contribution is -0.115. The third-order valence-electron chi connectivity index (χ3n) is 1.14. The maximum atomic E-state index is 10.4. The van der Waals surface area contributed by atoms with E-state index in [9.17, 15) is 13.9 Å². The van der Waals surface area contributed by atoms with Gasteiger partial charge >= 0.3 is 0 Å². The Morgan fingerprint density at radius 2 is 2.08 bits per heavy atom. The van der Waals surface area contributed by atoms with Crippen LogP contribution in [-0.4, -0.2) is 32.4 Å². The Morgan fingerprint density at radius 3 is 2.42 bits per heavy atom. The molecule has 12 heavy (non-hydrogen) atoms. The van der Waals surface area contributed by atoms with E-state index < -0.39 is 16.5 Å². The second kappa shape index (κ2) is 4.44. The van der Waals surface area contributed by atoms with Gasteiger partial charge in [-0.2, -0.15) is 15.6 Å². The molecule has 1 amide bonds. The Hall–Kier alpha value is -0.590. The molecule has 5 nitrogen and oxygen atoms in total. The SMILES string of the molecule is CCS(O)(O)CC(N)=NC(C)=O. The summed E-state index contributed by atoms with van der Waals surface area (Å²) in [4.78, 5) is 13.8. The minimum absolute atomic E-state index is 0.0237. The average molecular weight is 194 g/mol. The molecule has 0 aromatic heterocycles. The molecule has 0 fully saturated rings. The molecule has 0 aliphatic rings. The molecule has 0 rings (SSSR count). The predicted molar refractivity (Wildman–Crippen MR) is 50.6 cm³/mol. The van der Waals surface area contributed by atoms with Crippen LogP contribution in [0.3, 0.4) is 0 Å². The molecular weight excluding hydrogens is 180 g/mol. The van der Waals surface area contributed by atoms with Gasteiger partial charge in [0.1, 0.15) is 5.84 Å². The summed E-state index contributed by atoms with van der Waals surface area (Å²) < 4.78 is 18.3. The first-order valence-corrected chi connectivity index (χ1v) is 5.33. The van der Waals surface area contributed by atoms with Crippen LogP contribution in [0, 0.1) is 0 Å². The zero-order valence-electron chi connectivity index (χ0n) is 7.15. The number of nitrogens with zero attached hydrogens (tertiary/aromatic N) is 1. The quantitative estimate of drug-likeness (QED) is 0.454. The van der Waals surface area contributed by atoms with E-state index in [0.717, 1.165) is 0 Å². The average Bonchev–Trinajstić information content (AvgIpc) is 1.84. The molecule has 0 aromatic rings. The van der Waals surface area contributed by atoms with Gasteiger partial charge < -0.3 is 5.73 Å². The lowest BCUT2D eigenvalue weighted by Crippen LogP contribution is -2.23. The van der Waals surface area contributed by atoms with Gasteiger partial charge in [-0.15, -0.1) is 0 Å². The van der Waals surface area contributed by atoms with Crippen LogP contribution in [0.4, 0.5) is 0 Å². The topological polar surface area (TPSA) is 95.9 Å². The number of nitrogens with two attached hydrogens (primary N) is 1. The summed E-state index contributed by atoms with van der Waals surface area (Å²) in [5, 5.41) is 0. The fourth-order valence-electron chi connectivity index (χ4n) is 0.573. The Labute approximate surface area is 73.0 Å². The molecule has 4 N–H and O–H groups in total. The van der Waals surface area contributed by atoms with Gasteiger partial charge in [-0.25, -0.2) is 0 Å². The molecule has 0 bridgehead atoms. The summed E-state index contributed by atoms with van der Waals surface area (Å²) in [6, 6.07) is 0. The van der Waals surface area contributed by atoms with Crippen LogP contribution in [0.2, 0.25) is 0 Å². The zero-order chi connectivity index (χ0) is 9.78. The van der Waals surface area contributed by atoms with E-state index in [2.05, 4.69) is 4.99 Å². The normalized spacial score (nSPS) is 14.5. The molecule has 0 saturated heterocycles. The Balaban J connectivity index is 4.17. The molecule has 0 aromatic carbocycles. The van der Waals surface area contributed by atoms with Gasteiger partial charge in [0, 0.05) is 12.7 Å². The molecule has 0 spiro atoms.